The van der Waals surface area contributed by atoms with Crippen molar-refractivity contribution < 1.29 is 21.6 Å². The first-order valence-electron chi connectivity index (χ1n) is 9.43. The molecule has 0 radical (unpaired) electrons. The molecule has 2 heterocycles. The Morgan fingerprint density at radius 1 is 1.18 bits per heavy atom. The number of nitrogens with zero attached hydrogens (tertiary/aromatic N) is 3. The number of alkyl halides is 3. The number of hydrogen-bond acceptors (Lipinski definition) is 4. The molecule has 1 atom stereocenters. The Morgan fingerprint density at radius 2 is 1.82 bits per heavy atom. The Labute approximate surface area is 182 Å². The minimum atomic E-state index is -5.24. The van der Waals surface area contributed by atoms with Crippen LogP contribution in [0.1, 0.15) is 32.6 Å². The third kappa shape index (κ3) is 6.87. The lowest BCUT2D eigenvalue weighted by molar-refractivity contribution is -0.0494. The molecule has 0 aliphatic carbocycles. The van der Waals surface area contributed by atoms with Gasteiger partial charge in [-0.05, 0) is 44.7 Å². The van der Waals surface area contributed by atoms with Crippen molar-refractivity contribution in [1.82, 2.24) is 19.8 Å². The van der Waals surface area contributed by atoms with E-state index < -0.39 is 15.5 Å². The van der Waals surface area contributed by atoms with Gasteiger partial charge in [0.25, 0.3) is 0 Å². The van der Waals surface area contributed by atoms with E-state index >= 15 is 0 Å². The third-order valence-corrected chi connectivity index (χ3v) is 6.75. The average molecular weight is 541 g/mol. The van der Waals surface area contributed by atoms with Crippen molar-refractivity contribution in [3.8, 4) is 0 Å². The molecule has 1 unspecified atom stereocenters. The summed E-state index contributed by atoms with van der Waals surface area (Å²) < 4.78 is 61.3. The van der Waals surface area contributed by atoms with Gasteiger partial charge in [-0.2, -0.15) is 17.5 Å². The lowest BCUT2D eigenvalue weighted by Gasteiger charge is -2.32. The molecule has 2 rings (SSSR count). The molecule has 28 heavy (non-hydrogen) atoms. The zero-order valence-corrected chi connectivity index (χ0v) is 19.5. The highest BCUT2D eigenvalue weighted by molar-refractivity contribution is 14.0. The second-order valence-corrected chi connectivity index (χ2v) is 9.11. The van der Waals surface area contributed by atoms with E-state index in [0.29, 0.717) is 29.0 Å². The Hall–Kier alpha value is -0.340. The first-order chi connectivity index (χ1) is 12.7. The molecule has 0 saturated carbocycles. The highest BCUT2D eigenvalue weighted by Gasteiger charge is 2.50. The van der Waals surface area contributed by atoms with Gasteiger partial charge in [-0.15, -0.1) is 24.0 Å². The summed E-state index contributed by atoms with van der Waals surface area (Å²) in [5, 5.41) is 6.49. The summed E-state index contributed by atoms with van der Waals surface area (Å²) in [6, 6.07) is -0.101. The monoisotopic (exact) mass is 541 g/mol. The van der Waals surface area contributed by atoms with Crippen LogP contribution in [0.2, 0.25) is 0 Å². The van der Waals surface area contributed by atoms with Crippen molar-refractivity contribution >= 4 is 40.0 Å². The number of aliphatic imine (C=N–C) groups is 1. The fraction of sp³-hybridized carbons (Fsp3) is 0.938. The summed E-state index contributed by atoms with van der Waals surface area (Å²) in [6.07, 6.45) is 2.90. The molecule has 2 N–H and O–H groups in total. The minimum Gasteiger partial charge on any atom is -0.356 e. The molecule has 2 aliphatic rings. The number of nitrogens with one attached hydrogen (secondary N) is 2. The van der Waals surface area contributed by atoms with Crippen LogP contribution in [-0.2, 0) is 10.0 Å². The Balaban J connectivity index is 0.00000392. The number of sulfonamides is 1. The molecule has 2 aliphatic heterocycles. The van der Waals surface area contributed by atoms with Crippen molar-refractivity contribution in [2.24, 2.45) is 10.9 Å². The number of hydrogen-bond donors (Lipinski definition) is 2. The number of likely N-dealkylation sites (tertiary alicyclic amines) is 1. The van der Waals surface area contributed by atoms with Crippen LogP contribution in [0.15, 0.2) is 4.99 Å². The molecule has 12 heteroatoms. The Morgan fingerprint density at radius 3 is 2.36 bits per heavy atom. The van der Waals surface area contributed by atoms with Crippen molar-refractivity contribution in [2.75, 3.05) is 46.3 Å². The van der Waals surface area contributed by atoms with Gasteiger partial charge in [0.05, 0.1) is 0 Å². The van der Waals surface area contributed by atoms with Crippen molar-refractivity contribution in [2.45, 2.75) is 44.2 Å². The topological polar surface area (TPSA) is 77.0 Å². The Kier molecular flexibility index (Phi) is 10.2. The highest BCUT2D eigenvalue weighted by Crippen LogP contribution is 2.28. The lowest BCUT2D eigenvalue weighted by atomic mass is 10.1. The average Bonchev–Trinajstić information content (AvgIpc) is 3.06. The SMILES string of the molecule is CCCN1CCC(CNC(=NC)NC2CCN(S(=O)(=O)C(F)(F)F)CC2)C1.I. The predicted octanol–water partition coefficient (Wildman–Crippen LogP) is 1.82. The van der Waals surface area contributed by atoms with Gasteiger partial charge in [-0.25, -0.2) is 8.42 Å². The molecule has 0 aromatic heterocycles. The van der Waals surface area contributed by atoms with Crippen molar-refractivity contribution in [3.05, 3.63) is 0 Å². The molecule has 166 valence electrons. The molecule has 0 aromatic rings. The maximum Gasteiger partial charge on any atom is 0.511 e. The molecular formula is C16H31F3IN5O2S. The summed E-state index contributed by atoms with van der Waals surface area (Å²) in [4.78, 5) is 6.62. The zero-order chi connectivity index (χ0) is 20.1. The van der Waals surface area contributed by atoms with Crippen LogP contribution in [0, 0.1) is 5.92 Å². The van der Waals surface area contributed by atoms with Gasteiger partial charge in [0, 0.05) is 39.3 Å². The summed E-state index contributed by atoms with van der Waals surface area (Å²) in [6.45, 7) is 5.95. The summed E-state index contributed by atoms with van der Waals surface area (Å²) in [7, 11) is -3.58. The first-order valence-corrected chi connectivity index (χ1v) is 10.9. The number of halogens is 4. The summed E-state index contributed by atoms with van der Waals surface area (Å²) >= 11 is 0. The molecule has 0 spiro atoms. The maximum atomic E-state index is 12.6. The van der Waals surface area contributed by atoms with Crippen LogP contribution in [0.3, 0.4) is 0 Å². The standard InChI is InChI=1S/C16H30F3N5O2S.HI/c1-3-7-23-8-4-13(12-23)11-21-15(20-2)22-14-5-9-24(10-6-14)27(25,26)16(17,18)19;/h13-14H,3-12H2,1-2H3,(H2,20,21,22);1H. The van der Waals surface area contributed by atoms with E-state index in [4.69, 9.17) is 0 Å². The van der Waals surface area contributed by atoms with Crippen LogP contribution < -0.4 is 10.6 Å². The van der Waals surface area contributed by atoms with Crippen molar-refractivity contribution in [3.63, 3.8) is 0 Å². The van der Waals surface area contributed by atoms with Gasteiger partial charge in [0.2, 0.25) is 0 Å². The molecule has 2 saturated heterocycles. The van der Waals surface area contributed by atoms with Crippen LogP contribution in [0.4, 0.5) is 13.2 Å². The minimum absolute atomic E-state index is 0. The van der Waals surface area contributed by atoms with E-state index in [2.05, 4.69) is 27.4 Å². The van der Waals surface area contributed by atoms with E-state index in [9.17, 15) is 21.6 Å². The predicted molar refractivity (Wildman–Crippen MR) is 114 cm³/mol. The molecule has 0 bridgehead atoms. The largest absolute Gasteiger partial charge is 0.511 e. The summed E-state index contributed by atoms with van der Waals surface area (Å²) in [5.41, 5.74) is -5.24. The zero-order valence-electron chi connectivity index (χ0n) is 16.3. The number of rotatable bonds is 6. The maximum absolute atomic E-state index is 12.6. The van der Waals surface area contributed by atoms with Crippen LogP contribution in [0.5, 0.6) is 0 Å². The van der Waals surface area contributed by atoms with E-state index in [-0.39, 0.29) is 43.1 Å². The lowest BCUT2D eigenvalue weighted by Crippen LogP contribution is -2.52. The van der Waals surface area contributed by atoms with Gasteiger partial charge in [-0.3, -0.25) is 4.99 Å². The van der Waals surface area contributed by atoms with Crippen LogP contribution in [0.25, 0.3) is 0 Å². The Bertz CT molecular complexity index is 610. The van der Waals surface area contributed by atoms with E-state index in [1.165, 1.54) is 0 Å². The molecular weight excluding hydrogens is 510 g/mol. The van der Waals surface area contributed by atoms with Gasteiger partial charge in [0.1, 0.15) is 0 Å². The smallest absolute Gasteiger partial charge is 0.356 e. The first kappa shape index (κ1) is 25.7. The fourth-order valence-electron chi connectivity index (χ4n) is 3.61. The third-order valence-electron chi connectivity index (χ3n) is 5.12. The van der Waals surface area contributed by atoms with Gasteiger partial charge in [-0.1, -0.05) is 6.92 Å². The van der Waals surface area contributed by atoms with Crippen LogP contribution in [-0.4, -0.2) is 81.4 Å². The highest BCUT2D eigenvalue weighted by atomic mass is 127. The van der Waals surface area contributed by atoms with E-state index in [1.54, 1.807) is 7.05 Å². The van der Waals surface area contributed by atoms with Gasteiger partial charge < -0.3 is 15.5 Å². The molecule has 7 nitrogen and oxygen atoms in total. The second kappa shape index (κ2) is 11.2. The number of piperidine rings is 1. The van der Waals surface area contributed by atoms with Crippen LogP contribution >= 0.6 is 24.0 Å². The summed E-state index contributed by atoms with van der Waals surface area (Å²) in [5.74, 6) is 1.16. The van der Waals surface area contributed by atoms with Crippen molar-refractivity contribution in [1.29, 1.82) is 0 Å². The van der Waals surface area contributed by atoms with Gasteiger partial charge >= 0.3 is 15.5 Å². The van der Waals surface area contributed by atoms with E-state index in [1.807, 2.05) is 0 Å². The fourth-order valence-corrected chi connectivity index (χ4v) is 4.60. The normalized spacial score (nSPS) is 23.5. The molecule has 0 amide bonds. The quantitative estimate of drug-likeness (QED) is 0.305. The number of guanidine groups is 1. The van der Waals surface area contributed by atoms with Gasteiger partial charge in [0.15, 0.2) is 5.96 Å². The molecule has 2 fully saturated rings. The van der Waals surface area contributed by atoms with E-state index in [0.717, 1.165) is 39.0 Å². The molecule has 0 aromatic carbocycles. The second-order valence-electron chi connectivity index (χ2n) is 7.18.